The summed E-state index contributed by atoms with van der Waals surface area (Å²) >= 11 is 0. The van der Waals surface area contributed by atoms with Gasteiger partial charge < -0.3 is 25.5 Å². The van der Waals surface area contributed by atoms with Crippen molar-refractivity contribution in [3.8, 4) is 0 Å². The summed E-state index contributed by atoms with van der Waals surface area (Å²) in [6, 6.07) is 0. The number of rotatable bonds is 0. The van der Waals surface area contributed by atoms with Gasteiger partial charge in [0, 0.05) is 0 Å². The highest BCUT2D eigenvalue weighted by atomic mass is 16.4. The van der Waals surface area contributed by atoms with E-state index in [1.54, 1.807) is 0 Å². The maximum atomic E-state index is 10.8. The Morgan fingerprint density at radius 1 is 0.583 bits per heavy atom. The van der Waals surface area contributed by atoms with Gasteiger partial charge in [0.1, 0.15) is 36.6 Å². The zero-order valence-electron chi connectivity index (χ0n) is 6.11. The first-order chi connectivity index (χ1) is 5.46. The second-order valence-electron chi connectivity index (χ2n) is 2.92. The molecule has 6 nitrogen and oxygen atoms in total. The third-order valence-corrected chi connectivity index (χ3v) is 2.07. The lowest BCUT2D eigenvalue weighted by Gasteiger charge is -2.38. The molecule has 1 saturated carbocycles. The molecule has 4 unspecified atom stereocenters. The molecule has 0 aromatic carbocycles. The highest BCUT2D eigenvalue weighted by molar-refractivity contribution is 4.98. The Morgan fingerprint density at radius 2 is 0.833 bits per heavy atom. The summed E-state index contributed by atoms with van der Waals surface area (Å²) in [5.41, 5.74) is 0. The van der Waals surface area contributed by atoms with Crippen molar-refractivity contribution >= 4 is 0 Å². The van der Waals surface area contributed by atoms with Gasteiger partial charge in [0.15, 0.2) is 0 Å². The first-order valence-electron chi connectivity index (χ1n) is 3.53. The lowest BCUT2D eigenvalue weighted by molar-refractivity contribution is -0.236. The number of aliphatic hydroxyl groups excluding tert-OH is 5. The molecule has 0 heterocycles. The zero-order chi connectivity index (χ0) is 9.46. The van der Waals surface area contributed by atoms with Gasteiger partial charge in [0.25, 0.3) is 0 Å². The van der Waals surface area contributed by atoms with Crippen molar-refractivity contribution in [2.45, 2.75) is 36.6 Å². The molecule has 12 heavy (non-hydrogen) atoms. The van der Waals surface area contributed by atoms with Gasteiger partial charge in [0.2, 0.25) is 0 Å². The van der Waals surface area contributed by atoms with Crippen LogP contribution in [0.25, 0.3) is 0 Å². The van der Waals surface area contributed by atoms with Crippen LogP contribution in [0.4, 0.5) is 0 Å². The minimum Gasteiger partial charge on any atom is -0.387 e. The van der Waals surface area contributed by atoms with E-state index in [4.69, 9.17) is 25.5 Å². The highest BCUT2D eigenvalue weighted by Gasteiger charge is 2.48. The van der Waals surface area contributed by atoms with Gasteiger partial charge in [-0.15, -0.1) is 0 Å². The minimum absolute atomic E-state index is 1.68. The summed E-state index contributed by atoms with van der Waals surface area (Å²) < 4.78 is 0. The molecule has 0 aromatic rings. The van der Waals surface area contributed by atoms with E-state index in [-0.39, 0.29) is 0 Å². The first kappa shape index (κ1) is 9.85. The van der Waals surface area contributed by atoms with Crippen molar-refractivity contribution in [2.24, 2.45) is 0 Å². The Morgan fingerprint density at radius 3 is 1.17 bits per heavy atom. The average Bonchev–Trinajstić information content (AvgIpc) is 2.08. The van der Waals surface area contributed by atoms with Crippen LogP contribution >= 0.6 is 0 Å². The second kappa shape index (κ2) is 3.25. The van der Waals surface area contributed by atoms with Crippen LogP contribution in [0, 0.1) is 0 Å². The molecule has 0 bridgehead atoms. The third-order valence-electron chi connectivity index (χ3n) is 2.07. The van der Waals surface area contributed by atoms with Crippen LogP contribution in [-0.2, 0) is 5.11 Å². The smallest absolute Gasteiger partial charge is 0.150 e. The van der Waals surface area contributed by atoms with Crippen LogP contribution in [0.3, 0.4) is 0 Å². The highest BCUT2D eigenvalue weighted by Crippen LogP contribution is 2.21. The third kappa shape index (κ3) is 1.33. The predicted octanol–water partition coefficient (Wildman–Crippen LogP) is -3.40. The lowest BCUT2D eigenvalue weighted by atomic mass is 9.85. The fourth-order valence-electron chi connectivity index (χ4n) is 1.20. The van der Waals surface area contributed by atoms with Crippen LogP contribution < -0.4 is 0 Å². The van der Waals surface area contributed by atoms with E-state index in [9.17, 15) is 5.11 Å². The molecular weight excluding hydrogens is 168 g/mol. The van der Waals surface area contributed by atoms with E-state index in [0.717, 1.165) is 0 Å². The first-order valence-corrected chi connectivity index (χ1v) is 3.53. The zero-order valence-corrected chi connectivity index (χ0v) is 6.11. The Hall–Kier alpha value is -0.240. The number of aliphatic hydroxyl groups is 5. The largest absolute Gasteiger partial charge is 0.387 e. The molecule has 0 saturated heterocycles. The van der Waals surface area contributed by atoms with Crippen LogP contribution in [0.15, 0.2) is 0 Å². The van der Waals surface area contributed by atoms with Gasteiger partial charge in [-0.3, -0.25) is 0 Å². The summed E-state index contributed by atoms with van der Waals surface area (Å²) in [6.45, 7) is 0. The lowest BCUT2D eigenvalue weighted by Crippen LogP contribution is -2.63. The molecular formula is C6H11O6. The van der Waals surface area contributed by atoms with E-state index in [1.807, 2.05) is 0 Å². The van der Waals surface area contributed by atoms with E-state index in [2.05, 4.69) is 0 Å². The molecule has 6 heteroatoms. The molecule has 0 aliphatic heterocycles. The molecule has 1 radical (unpaired) electrons. The normalized spacial score (nSPS) is 55.5. The molecule has 4 atom stereocenters. The van der Waals surface area contributed by atoms with Gasteiger partial charge in [0.05, 0.1) is 0 Å². The number of hydrogen-bond acceptors (Lipinski definition) is 5. The Labute approximate surface area is 68.3 Å². The number of hydrogen-bond donors (Lipinski definition) is 5. The summed E-state index contributed by atoms with van der Waals surface area (Å²) in [5.74, 6) is 0. The predicted molar refractivity (Wildman–Crippen MR) is 34.5 cm³/mol. The monoisotopic (exact) mass is 179 g/mol. The quantitative estimate of drug-likeness (QED) is 0.265. The van der Waals surface area contributed by atoms with Gasteiger partial charge in [-0.2, -0.15) is 0 Å². The summed E-state index contributed by atoms with van der Waals surface area (Å²) in [4.78, 5) is 0. The van der Waals surface area contributed by atoms with Crippen molar-refractivity contribution in [2.75, 3.05) is 0 Å². The fraction of sp³-hybridized carbons (Fsp3) is 1.00. The molecule has 0 amide bonds. The summed E-state index contributed by atoms with van der Waals surface area (Å²) in [7, 11) is 0. The topological polar surface area (TPSA) is 121 Å². The van der Waals surface area contributed by atoms with Crippen molar-refractivity contribution in [3.05, 3.63) is 0 Å². The van der Waals surface area contributed by atoms with Crippen molar-refractivity contribution < 1.29 is 30.6 Å². The van der Waals surface area contributed by atoms with E-state index >= 15 is 0 Å². The van der Waals surface area contributed by atoms with Gasteiger partial charge in [-0.1, -0.05) is 0 Å². The van der Waals surface area contributed by atoms with Gasteiger partial charge in [-0.25, -0.2) is 5.11 Å². The SMILES string of the molecule is [O]C1C(O)C(O)C(O)C(O)C1O. The summed E-state index contributed by atoms with van der Waals surface area (Å²) in [5, 5.41) is 55.5. The molecule has 0 spiro atoms. The molecule has 1 aliphatic rings. The van der Waals surface area contributed by atoms with Crippen molar-refractivity contribution in [3.63, 3.8) is 0 Å². The van der Waals surface area contributed by atoms with Crippen molar-refractivity contribution in [1.82, 2.24) is 0 Å². The van der Waals surface area contributed by atoms with Crippen LogP contribution in [0.5, 0.6) is 0 Å². The van der Waals surface area contributed by atoms with E-state index in [1.165, 1.54) is 0 Å². The molecule has 71 valence electrons. The minimum atomic E-state index is -1.89. The second-order valence-corrected chi connectivity index (χ2v) is 2.92. The maximum Gasteiger partial charge on any atom is 0.150 e. The molecule has 5 N–H and O–H groups in total. The average molecular weight is 179 g/mol. The van der Waals surface area contributed by atoms with Gasteiger partial charge >= 0.3 is 0 Å². The standard InChI is InChI=1S/C6H11O6/c7-1-2(8)4(10)6(12)5(11)3(1)9/h1-11H. The molecule has 1 fully saturated rings. The fourth-order valence-corrected chi connectivity index (χ4v) is 1.20. The molecule has 1 aliphatic carbocycles. The van der Waals surface area contributed by atoms with Crippen LogP contribution in [-0.4, -0.2) is 62.2 Å². The van der Waals surface area contributed by atoms with Crippen LogP contribution in [0.1, 0.15) is 0 Å². The van der Waals surface area contributed by atoms with E-state index < -0.39 is 36.6 Å². The maximum absolute atomic E-state index is 10.8. The van der Waals surface area contributed by atoms with Crippen LogP contribution in [0.2, 0.25) is 0 Å². The molecule has 0 aromatic heterocycles. The van der Waals surface area contributed by atoms with Crippen molar-refractivity contribution in [1.29, 1.82) is 0 Å². The Bertz CT molecular complexity index is 104. The molecule has 1 rings (SSSR count). The van der Waals surface area contributed by atoms with Gasteiger partial charge in [-0.05, 0) is 0 Å². The van der Waals surface area contributed by atoms with E-state index in [0.29, 0.717) is 0 Å². The summed E-state index contributed by atoms with van der Waals surface area (Å²) in [6.07, 6.45) is -10.5. The Kier molecular flexibility index (Phi) is 2.67. The Balaban J connectivity index is 2.76.